The van der Waals surface area contributed by atoms with E-state index < -0.39 is 10.9 Å². The molecule has 0 saturated carbocycles. The number of azide groups is 1. The van der Waals surface area contributed by atoms with Crippen molar-refractivity contribution in [1.29, 1.82) is 0 Å². The van der Waals surface area contributed by atoms with Crippen molar-refractivity contribution in [3.05, 3.63) is 49.4 Å². The fourth-order valence-electron chi connectivity index (χ4n) is 1.60. The number of esters is 1. The molecule has 0 aliphatic carbocycles. The van der Waals surface area contributed by atoms with E-state index in [2.05, 4.69) is 26.6 Å². The van der Waals surface area contributed by atoms with Gasteiger partial charge < -0.3 is 4.74 Å². The van der Waals surface area contributed by atoms with Gasteiger partial charge in [-0.1, -0.05) is 17.0 Å². The van der Waals surface area contributed by atoms with Gasteiger partial charge in [0.2, 0.25) is 0 Å². The van der Waals surface area contributed by atoms with Gasteiger partial charge in [-0.05, 0) is 18.5 Å². The minimum atomic E-state index is -0.659. The van der Waals surface area contributed by atoms with E-state index in [0.717, 1.165) is 0 Å². The third-order valence-corrected chi connectivity index (χ3v) is 2.62. The minimum absolute atomic E-state index is 0.103. The molecule has 0 N–H and O–H groups in total. The van der Waals surface area contributed by atoms with Gasteiger partial charge in [0, 0.05) is 35.1 Å². The summed E-state index contributed by atoms with van der Waals surface area (Å²) in [6, 6.07) is 2.73. The van der Waals surface area contributed by atoms with Crippen molar-refractivity contribution in [3.63, 3.8) is 0 Å². The van der Waals surface area contributed by atoms with Crippen molar-refractivity contribution >= 4 is 11.7 Å². The molecule has 0 heterocycles. The number of carbonyl (C=O) groups excluding carboxylic acids is 1. The maximum absolute atomic E-state index is 11.6. The molecular weight excluding hydrogens is 276 g/mol. The number of nitro benzene ring substituents is 1. The number of carbonyl (C=O) groups is 1. The summed E-state index contributed by atoms with van der Waals surface area (Å²) in [5.74, 6) is 4.76. The number of rotatable bonds is 4. The highest BCUT2D eigenvalue weighted by atomic mass is 16.6. The largest absolute Gasteiger partial charge is 0.465 e. The topological polar surface area (TPSA) is 118 Å². The van der Waals surface area contributed by atoms with Gasteiger partial charge in [-0.25, -0.2) is 4.79 Å². The molecule has 8 nitrogen and oxygen atoms in total. The van der Waals surface area contributed by atoms with Crippen LogP contribution in [0, 0.1) is 28.9 Å². The maximum Gasteiger partial charge on any atom is 0.338 e. The van der Waals surface area contributed by atoms with Crippen LogP contribution in [-0.4, -0.2) is 24.5 Å². The summed E-state index contributed by atoms with van der Waals surface area (Å²) in [6.45, 7) is 1.69. The Labute approximate surface area is 120 Å². The van der Waals surface area contributed by atoms with Crippen LogP contribution in [0.15, 0.2) is 17.2 Å². The van der Waals surface area contributed by atoms with E-state index in [-0.39, 0.29) is 23.4 Å². The number of methoxy groups -OCH3 is 1. The number of nitrogens with zero attached hydrogens (tertiary/aromatic N) is 4. The lowest BCUT2D eigenvalue weighted by Gasteiger charge is -2.05. The Bertz CT molecular complexity index is 681. The highest BCUT2D eigenvalue weighted by Gasteiger charge is 2.20. The van der Waals surface area contributed by atoms with Crippen LogP contribution >= 0.6 is 0 Å². The van der Waals surface area contributed by atoms with Crippen LogP contribution in [-0.2, 0) is 4.74 Å². The zero-order chi connectivity index (χ0) is 15.8. The fraction of sp³-hybridized carbons (Fsp3) is 0.308. The molecule has 0 amide bonds. The number of benzene rings is 1. The van der Waals surface area contributed by atoms with E-state index in [1.165, 1.54) is 26.2 Å². The molecule has 0 saturated heterocycles. The first-order chi connectivity index (χ1) is 10.0. The van der Waals surface area contributed by atoms with Gasteiger partial charge in [-0.3, -0.25) is 10.1 Å². The summed E-state index contributed by atoms with van der Waals surface area (Å²) in [4.78, 5) is 24.6. The van der Waals surface area contributed by atoms with Gasteiger partial charge in [0.05, 0.1) is 17.6 Å². The molecule has 8 heteroatoms. The van der Waals surface area contributed by atoms with E-state index >= 15 is 0 Å². The molecule has 0 bridgehead atoms. The van der Waals surface area contributed by atoms with Gasteiger partial charge in [-0.2, -0.15) is 0 Å². The molecule has 0 unspecified atom stereocenters. The van der Waals surface area contributed by atoms with Crippen molar-refractivity contribution in [2.45, 2.75) is 13.3 Å². The van der Waals surface area contributed by atoms with Crippen LogP contribution in [0.1, 0.15) is 27.9 Å². The Morgan fingerprint density at radius 3 is 2.86 bits per heavy atom. The molecule has 108 valence electrons. The molecule has 1 aromatic carbocycles. The molecule has 21 heavy (non-hydrogen) atoms. The van der Waals surface area contributed by atoms with Crippen LogP contribution < -0.4 is 0 Å². The lowest BCUT2D eigenvalue weighted by molar-refractivity contribution is -0.385. The van der Waals surface area contributed by atoms with Crippen LogP contribution in [0.4, 0.5) is 5.69 Å². The third-order valence-electron chi connectivity index (χ3n) is 2.62. The third kappa shape index (κ3) is 4.23. The van der Waals surface area contributed by atoms with Crippen molar-refractivity contribution in [3.8, 4) is 11.8 Å². The van der Waals surface area contributed by atoms with Gasteiger partial charge in [0.25, 0.3) is 5.69 Å². The molecule has 0 aliphatic rings. The van der Waals surface area contributed by atoms with E-state index in [1.807, 2.05) is 0 Å². The summed E-state index contributed by atoms with van der Waals surface area (Å²) in [5.41, 5.74) is 8.58. The quantitative estimate of drug-likeness (QED) is 0.124. The van der Waals surface area contributed by atoms with Crippen molar-refractivity contribution in [1.82, 2.24) is 0 Å². The molecule has 0 fully saturated rings. The zero-order valence-electron chi connectivity index (χ0n) is 11.5. The van der Waals surface area contributed by atoms with Gasteiger partial charge >= 0.3 is 5.97 Å². The van der Waals surface area contributed by atoms with Crippen molar-refractivity contribution < 1.29 is 14.5 Å². The number of hydrogen-bond donors (Lipinski definition) is 0. The molecule has 1 aromatic rings. The molecule has 0 radical (unpaired) electrons. The summed E-state index contributed by atoms with van der Waals surface area (Å²) < 4.78 is 4.60. The molecule has 0 spiro atoms. The lowest BCUT2D eigenvalue weighted by Crippen LogP contribution is -2.06. The summed E-state index contributed by atoms with van der Waals surface area (Å²) in [7, 11) is 1.20. The molecule has 0 aromatic heterocycles. The number of nitro groups is 1. The average Bonchev–Trinajstić information content (AvgIpc) is 2.47. The first-order valence-corrected chi connectivity index (χ1v) is 5.88. The standard InChI is InChI=1S/C13H12N4O4/c1-9-11(13(18)21-2)7-10(8-12(9)17(19)20)5-3-4-6-15-16-14/h7-8H,4,6H2,1-2H3. The van der Waals surface area contributed by atoms with Crippen molar-refractivity contribution in [2.24, 2.45) is 5.11 Å². The van der Waals surface area contributed by atoms with Crippen LogP contribution in [0.2, 0.25) is 0 Å². The average molecular weight is 288 g/mol. The smallest absolute Gasteiger partial charge is 0.338 e. The number of hydrogen-bond acceptors (Lipinski definition) is 5. The predicted molar refractivity (Wildman–Crippen MR) is 74.7 cm³/mol. The van der Waals surface area contributed by atoms with E-state index in [9.17, 15) is 14.9 Å². The van der Waals surface area contributed by atoms with Gasteiger partial charge in [-0.15, -0.1) is 0 Å². The maximum atomic E-state index is 11.6. The molecular formula is C13H12N4O4. The van der Waals surface area contributed by atoms with E-state index in [0.29, 0.717) is 12.0 Å². The summed E-state index contributed by atoms with van der Waals surface area (Å²) >= 11 is 0. The van der Waals surface area contributed by atoms with E-state index in [1.54, 1.807) is 0 Å². The zero-order valence-corrected chi connectivity index (χ0v) is 11.5. The molecule has 0 atom stereocenters. The predicted octanol–water partition coefficient (Wildman–Crippen LogP) is 2.74. The summed E-state index contributed by atoms with van der Waals surface area (Å²) in [5, 5.41) is 14.3. The van der Waals surface area contributed by atoms with Gasteiger partial charge in [0.1, 0.15) is 0 Å². The van der Waals surface area contributed by atoms with Gasteiger partial charge in [0.15, 0.2) is 0 Å². The lowest BCUT2D eigenvalue weighted by atomic mass is 10.0. The summed E-state index contributed by atoms with van der Waals surface area (Å²) in [6.07, 6.45) is 0.319. The van der Waals surface area contributed by atoms with E-state index in [4.69, 9.17) is 5.53 Å². The normalized spacial score (nSPS) is 9.05. The SMILES string of the molecule is COC(=O)c1cc(C#CCCN=[N+]=[N-])cc([N+](=O)[O-])c1C. The van der Waals surface area contributed by atoms with Crippen LogP contribution in [0.25, 0.3) is 10.4 Å². The number of ether oxygens (including phenoxy) is 1. The second kappa shape index (κ2) is 7.53. The highest BCUT2D eigenvalue weighted by Crippen LogP contribution is 2.24. The Balaban J connectivity index is 3.21. The first kappa shape index (κ1) is 16.0. The molecule has 1 rings (SSSR count). The van der Waals surface area contributed by atoms with Crippen LogP contribution in [0.5, 0.6) is 0 Å². The Morgan fingerprint density at radius 2 is 2.29 bits per heavy atom. The Hall–Kier alpha value is -3.04. The first-order valence-electron chi connectivity index (χ1n) is 5.88. The Kier molecular flexibility index (Phi) is 5.74. The van der Waals surface area contributed by atoms with Crippen molar-refractivity contribution in [2.75, 3.05) is 13.7 Å². The Morgan fingerprint density at radius 1 is 1.57 bits per heavy atom. The second-order valence-corrected chi connectivity index (χ2v) is 3.92. The minimum Gasteiger partial charge on any atom is -0.465 e. The highest BCUT2D eigenvalue weighted by molar-refractivity contribution is 5.92. The monoisotopic (exact) mass is 288 g/mol. The molecule has 0 aliphatic heterocycles. The fourth-order valence-corrected chi connectivity index (χ4v) is 1.60. The van der Waals surface area contributed by atoms with Crippen LogP contribution in [0.3, 0.4) is 0 Å². The second-order valence-electron chi connectivity index (χ2n) is 3.92.